The molecule has 0 amide bonds. The highest BCUT2D eigenvalue weighted by Crippen LogP contribution is 2.27. The standard InChI is InChI=1S/C32H31F4N5O6/c33-28-17-23(3-10-29(28)45-20-22-1-6-26(7-2-22)47-32(34,35)36)18-38-13-15-39(16-14-38)24-4-8-25(9-5-24)44-21-27-11-12-40-19-30(41(42)43)37-31(40)46-27/h1-10,17,19,27H,11-16,18,20-21H2/t27-/m1/s1. The molecule has 0 N–H and O–H groups in total. The molecule has 3 aromatic carbocycles. The molecular weight excluding hydrogens is 626 g/mol. The fraction of sp³-hybridized carbons (Fsp3) is 0.344. The van der Waals surface area contributed by atoms with Gasteiger partial charge in [-0.25, -0.2) is 4.39 Å². The lowest BCUT2D eigenvalue weighted by Gasteiger charge is -2.36. The monoisotopic (exact) mass is 657 g/mol. The van der Waals surface area contributed by atoms with Gasteiger partial charge in [-0.3, -0.25) is 9.47 Å². The molecule has 1 saturated heterocycles. The Balaban J connectivity index is 0.925. The van der Waals surface area contributed by atoms with E-state index >= 15 is 0 Å². The Morgan fingerprint density at radius 3 is 2.30 bits per heavy atom. The number of ether oxygens (including phenoxy) is 4. The number of aryl methyl sites for hydroxylation is 1. The van der Waals surface area contributed by atoms with Crippen molar-refractivity contribution in [2.75, 3.05) is 37.7 Å². The summed E-state index contributed by atoms with van der Waals surface area (Å²) in [6.07, 6.45) is -3.00. The van der Waals surface area contributed by atoms with Crippen LogP contribution < -0.4 is 23.8 Å². The van der Waals surface area contributed by atoms with E-state index < -0.39 is 17.1 Å². The minimum atomic E-state index is -4.77. The number of halogens is 4. The second kappa shape index (κ2) is 13.7. The fourth-order valence-electron chi connectivity index (χ4n) is 5.41. The van der Waals surface area contributed by atoms with Gasteiger partial charge in [0.15, 0.2) is 11.6 Å². The molecule has 248 valence electrons. The van der Waals surface area contributed by atoms with Gasteiger partial charge in [-0.15, -0.1) is 13.2 Å². The molecule has 2 aliphatic rings. The first-order valence-electron chi connectivity index (χ1n) is 14.9. The van der Waals surface area contributed by atoms with Crippen molar-refractivity contribution >= 4 is 11.5 Å². The zero-order chi connectivity index (χ0) is 33.0. The van der Waals surface area contributed by atoms with E-state index in [1.807, 2.05) is 24.3 Å². The van der Waals surface area contributed by atoms with Crippen molar-refractivity contribution in [1.82, 2.24) is 14.5 Å². The first-order chi connectivity index (χ1) is 22.6. The number of nitro groups is 1. The normalized spacial score (nSPS) is 16.7. The van der Waals surface area contributed by atoms with Gasteiger partial charge in [0.2, 0.25) is 0 Å². The van der Waals surface area contributed by atoms with Crippen LogP contribution in [0.4, 0.5) is 29.1 Å². The maximum atomic E-state index is 14.8. The number of imidazole rings is 1. The number of aromatic nitrogens is 2. The molecule has 1 aromatic heterocycles. The molecule has 4 aromatic rings. The number of anilines is 1. The molecular formula is C32H31F4N5O6. The predicted molar refractivity (Wildman–Crippen MR) is 161 cm³/mol. The average molecular weight is 658 g/mol. The van der Waals surface area contributed by atoms with Crippen LogP contribution in [0.2, 0.25) is 0 Å². The molecule has 11 nitrogen and oxygen atoms in total. The van der Waals surface area contributed by atoms with Crippen molar-refractivity contribution < 1.29 is 41.4 Å². The van der Waals surface area contributed by atoms with Crippen molar-refractivity contribution in [1.29, 1.82) is 0 Å². The van der Waals surface area contributed by atoms with E-state index in [-0.39, 0.29) is 36.0 Å². The highest BCUT2D eigenvalue weighted by molar-refractivity contribution is 5.49. The maximum Gasteiger partial charge on any atom is 0.573 e. The highest BCUT2D eigenvalue weighted by atomic mass is 19.4. The van der Waals surface area contributed by atoms with Crippen LogP contribution >= 0.6 is 0 Å². The molecule has 1 atom stereocenters. The van der Waals surface area contributed by atoms with Crippen LogP contribution in [0.25, 0.3) is 0 Å². The average Bonchev–Trinajstić information content (AvgIpc) is 3.48. The fourth-order valence-corrected chi connectivity index (χ4v) is 5.41. The summed E-state index contributed by atoms with van der Waals surface area (Å²) in [6, 6.07) is 18.1. The Bertz CT molecular complexity index is 1670. The van der Waals surface area contributed by atoms with Gasteiger partial charge in [0.05, 0.1) is 0 Å². The SMILES string of the molecule is O=[N+]([O-])c1cn2c(n1)O[C@@H](COc1ccc(N3CCN(Cc4ccc(OCc5ccc(OC(F)(F)F)cc5)c(F)c4)CC3)cc1)CC2. The third kappa shape index (κ3) is 8.41. The molecule has 2 aliphatic heterocycles. The van der Waals surface area contributed by atoms with Crippen molar-refractivity contribution in [2.24, 2.45) is 0 Å². The van der Waals surface area contributed by atoms with Crippen LogP contribution in [-0.2, 0) is 19.7 Å². The number of alkyl halides is 3. The Labute approximate surface area is 267 Å². The lowest BCUT2D eigenvalue weighted by Crippen LogP contribution is -2.45. The minimum absolute atomic E-state index is 0.00597. The zero-order valence-corrected chi connectivity index (χ0v) is 25.1. The largest absolute Gasteiger partial charge is 0.573 e. The Hall–Kier alpha value is -5.05. The van der Waals surface area contributed by atoms with Crippen LogP contribution in [0.15, 0.2) is 72.9 Å². The molecule has 0 bridgehead atoms. The van der Waals surface area contributed by atoms with E-state index in [0.717, 1.165) is 37.4 Å². The molecule has 3 heterocycles. The molecule has 0 unspecified atom stereocenters. The molecule has 0 saturated carbocycles. The maximum absolute atomic E-state index is 14.8. The second-order valence-corrected chi connectivity index (χ2v) is 11.2. The number of hydrogen-bond acceptors (Lipinski definition) is 9. The molecule has 1 fully saturated rings. The summed E-state index contributed by atoms with van der Waals surface area (Å²) < 4.78 is 74.5. The molecule has 15 heteroatoms. The number of hydrogen-bond donors (Lipinski definition) is 0. The van der Waals surface area contributed by atoms with Gasteiger partial charge < -0.3 is 34.0 Å². The summed E-state index contributed by atoms with van der Waals surface area (Å²) >= 11 is 0. The van der Waals surface area contributed by atoms with Crippen LogP contribution in [0.3, 0.4) is 0 Å². The number of piperazine rings is 1. The van der Waals surface area contributed by atoms with Crippen LogP contribution in [-0.4, -0.2) is 64.6 Å². The van der Waals surface area contributed by atoms with Crippen molar-refractivity contribution in [3.63, 3.8) is 0 Å². The van der Waals surface area contributed by atoms with Crippen LogP contribution in [0.5, 0.6) is 23.3 Å². The third-order valence-electron chi connectivity index (χ3n) is 7.84. The van der Waals surface area contributed by atoms with E-state index in [2.05, 4.69) is 19.5 Å². The van der Waals surface area contributed by atoms with Crippen molar-refractivity contribution in [3.8, 4) is 23.3 Å². The lowest BCUT2D eigenvalue weighted by molar-refractivity contribution is -0.389. The van der Waals surface area contributed by atoms with Gasteiger partial charge in [0.25, 0.3) is 0 Å². The summed E-state index contributed by atoms with van der Waals surface area (Å²) in [5.74, 6) is -0.326. The quantitative estimate of drug-likeness (QED) is 0.110. The smallest absolute Gasteiger partial charge is 0.490 e. The summed E-state index contributed by atoms with van der Waals surface area (Å²) in [6.45, 7) is 4.61. The Morgan fingerprint density at radius 1 is 0.915 bits per heavy atom. The van der Waals surface area contributed by atoms with Gasteiger partial charge in [-0.1, -0.05) is 18.2 Å². The van der Waals surface area contributed by atoms with E-state index in [1.54, 1.807) is 16.7 Å². The van der Waals surface area contributed by atoms with Crippen molar-refractivity contribution in [3.05, 3.63) is 100.0 Å². The summed E-state index contributed by atoms with van der Waals surface area (Å²) in [4.78, 5) is 18.8. The minimum Gasteiger partial charge on any atom is -0.490 e. The van der Waals surface area contributed by atoms with Gasteiger partial charge >= 0.3 is 18.2 Å². The molecule has 0 spiro atoms. The number of fused-ring (bicyclic) bond motifs is 1. The van der Waals surface area contributed by atoms with Gasteiger partial charge in [-0.05, 0) is 64.6 Å². The van der Waals surface area contributed by atoms with Gasteiger partial charge in [0.1, 0.15) is 37.0 Å². The summed E-state index contributed by atoms with van der Waals surface area (Å²) in [7, 11) is 0. The number of rotatable bonds is 11. The Kier molecular flexibility index (Phi) is 9.33. The van der Waals surface area contributed by atoms with Gasteiger partial charge in [0, 0.05) is 56.4 Å². The van der Waals surface area contributed by atoms with Crippen LogP contribution in [0.1, 0.15) is 17.5 Å². The van der Waals surface area contributed by atoms with E-state index in [1.165, 1.54) is 36.5 Å². The molecule has 47 heavy (non-hydrogen) atoms. The zero-order valence-electron chi connectivity index (χ0n) is 25.1. The van der Waals surface area contributed by atoms with Gasteiger partial charge in [-0.2, -0.15) is 0 Å². The Morgan fingerprint density at radius 2 is 1.62 bits per heavy atom. The second-order valence-electron chi connectivity index (χ2n) is 11.2. The summed E-state index contributed by atoms with van der Waals surface area (Å²) in [5, 5.41) is 11.0. The molecule has 0 aliphatic carbocycles. The van der Waals surface area contributed by atoms with E-state index in [0.29, 0.717) is 37.4 Å². The van der Waals surface area contributed by atoms with Crippen LogP contribution in [0, 0.1) is 15.9 Å². The predicted octanol–water partition coefficient (Wildman–Crippen LogP) is 5.96. The topological polar surface area (TPSA) is 104 Å². The molecule has 0 radical (unpaired) electrons. The van der Waals surface area contributed by atoms with Crippen molar-refractivity contribution in [2.45, 2.75) is 38.6 Å². The number of nitrogens with zero attached hydrogens (tertiary/aromatic N) is 5. The van der Waals surface area contributed by atoms with E-state index in [4.69, 9.17) is 14.2 Å². The summed E-state index contributed by atoms with van der Waals surface area (Å²) in [5.41, 5.74) is 2.45. The highest BCUT2D eigenvalue weighted by Gasteiger charge is 2.31. The number of benzene rings is 3. The third-order valence-corrected chi connectivity index (χ3v) is 7.84. The molecule has 6 rings (SSSR count). The lowest BCUT2D eigenvalue weighted by atomic mass is 10.1. The first-order valence-corrected chi connectivity index (χ1v) is 14.9. The van der Waals surface area contributed by atoms with E-state index in [9.17, 15) is 27.7 Å². The first kappa shape index (κ1) is 31.9.